The average molecular weight is 356 g/mol. The van der Waals surface area contributed by atoms with Crippen molar-refractivity contribution >= 4 is 5.91 Å². The molecule has 1 heterocycles. The number of carbonyl (C=O) groups is 1. The van der Waals surface area contributed by atoms with Gasteiger partial charge in [0.15, 0.2) is 0 Å². The fourth-order valence-electron chi connectivity index (χ4n) is 2.80. The molecular formula is C20H28N4O2. The highest BCUT2D eigenvalue weighted by Crippen LogP contribution is 2.13. The van der Waals surface area contributed by atoms with Crippen LogP contribution in [0.2, 0.25) is 0 Å². The van der Waals surface area contributed by atoms with Gasteiger partial charge >= 0.3 is 0 Å². The molecule has 26 heavy (non-hydrogen) atoms. The third-order valence-corrected chi connectivity index (χ3v) is 4.61. The molecule has 1 unspecified atom stereocenters. The predicted molar refractivity (Wildman–Crippen MR) is 103 cm³/mol. The van der Waals surface area contributed by atoms with E-state index in [1.165, 1.54) is 0 Å². The molecule has 0 radical (unpaired) electrons. The van der Waals surface area contributed by atoms with Gasteiger partial charge in [-0.3, -0.25) is 9.59 Å². The van der Waals surface area contributed by atoms with E-state index in [1.54, 1.807) is 6.92 Å². The van der Waals surface area contributed by atoms with Crippen molar-refractivity contribution in [3.8, 4) is 0 Å². The Bertz CT molecular complexity index is 799. The van der Waals surface area contributed by atoms with E-state index >= 15 is 0 Å². The van der Waals surface area contributed by atoms with Gasteiger partial charge in [0, 0.05) is 36.7 Å². The van der Waals surface area contributed by atoms with Gasteiger partial charge < -0.3 is 15.6 Å². The van der Waals surface area contributed by atoms with E-state index in [1.807, 2.05) is 48.7 Å². The molecule has 1 amide bonds. The zero-order chi connectivity index (χ0) is 19.1. The molecule has 1 atom stereocenters. The lowest BCUT2D eigenvalue weighted by molar-refractivity contribution is -0.124. The first kappa shape index (κ1) is 19.8. The van der Waals surface area contributed by atoms with Crippen molar-refractivity contribution in [2.45, 2.75) is 40.2 Å². The van der Waals surface area contributed by atoms with E-state index in [2.05, 4.69) is 10.3 Å². The van der Waals surface area contributed by atoms with E-state index in [-0.39, 0.29) is 17.4 Å². The van der Waals surface area contributed by atoms with Gasteiger partial charge in [0.25, 0.3) is 5.56 Å². The lowest BCUT2D eigenvalue weighted by Crippen LogP contribution is -2.33. The molecule has 0 aliphatic carbocycles. The molecule has 2 aromatic rings. The summed E-state index contributed by atoms with van der Waals surface area (Å²) < 4.78 is 2.04. The molecule has 6 nitrogen and oxygen atoms in total. The smallest absolute Gasteiger partial charge is 0.276 e. The van der Waals surface area contributed by atoms with Crippen molar-refractivity contribution in [3.05, 3.63) is 63.3 Å². The van der Waals surface area contributed by atoms with Crippen LogP contribution in [0.3, 0.4) is 0 Å². The predicted octanol–water partition coefficient (Wildman–Crippen LogP) is 1.55. The Morgan fingerprint density at radius 2 is 1.96 bits per heavy atom. The van der Waals surface area contributed by atoms with E-state index < -0.39 is 0 Å². The Morgan fingerprint density at radius 3 is 2.62 bits per heavy atom. The molecule has 1 aromatic carbocycles. The van der Waals surface area contributed by atoms with E-state index in [9.17, 15) is 9.59 Å². The van der Waals surface area contributed by atoms with Crippen LogP contribution in [0.4, 0.5) is 0 Å². The molecule has 2 rings (SSSR count). The fourth-order valence-corrected chi connectivity index (χ4v) is 2.80. The third-order valence-electron chi connectivity index (χ3n) is 4.61. The minimum atomic E-state index is -0.274. The number of benzene rings is 1. The number of nitrogens with one attached hydrogen (secondary N) is 1. The summed E-state index contributed by atoms with van der Waals surface area (Å²) in [6.45, 7) is 7.31. The number of aromatic nitrogens is 2. The van der Waals surface area contributed by atoms with Gasteiger partial charge in [-0.15, -0.1) is 0 Å². The molecule has 3 N–H and O–H groups in total. The SMILES string of the molecule is Cc1c(C)n(Cc2ccccc2)c(CC(C)C(=O)NCCCN)nc1=O. The van der Waals surface area contributed by atoms with Gasteiger partial charge in [-0.05, 0) is 32.4 Å². The second kappa shape index (κ2) is 9.29. The Morgan fingerprint density at radius 1 is 1.27 bits per heavy atom. The minimum absolute atomic E-state index is 0.0443. The van der Waals surface area contributed by atoms with Crippen LogP contribution in [0.25, 0.3) is 0 Å². The van der Waals surface area contributed by atoms with Crippen molar-refractivity contribution in [1.29, 1.82) is 0 Å². The minimum Gasteiger partial charge on any atom is -0.356 e. The van der Waals surface area contributed by atoms with Crippen LogP contribution in [0.15, 0.2) is 35.1 Å². The summed E-state index contributed by atoms with van der Waals surface area (Å²) in [5.74, 6) is 0.324. The fraction of sp³-hybridized carbons (Fsp3) is 0.450. The number of nitrogens with zero attached hydrogens (tertiary/aromatic N) is 2. The van der Waals surface area contributed by atoms with Gasteiger partial charge in [-0.25, -0.2) is 0 Å². The van der Waals surface area contributed by atoms with Crippen LogP contribution in [-0.2, 0) is 17.8 Å². The molecule has 0 saturated carbocycles. The Labute approximate surface area is 154 Å². The standard InChI is InChI=1S/C20H28N4O2/c1-14(19(25)22-11-7-10-21)12-18-23-20(26)15(2)16(3)24(18)13-17-8-5-4-6-9-17/h4-6,8-9,14H,7,10-13,21H2,1-3H3,(H,22,25). The lowest BCUT2D eigenvalue weighted by atomic mass is 10.1. The zero-order valence-electron chi connectivity index (χ0n) is 15.8. The highest BCUT2D eigenvalue weighted by Gasteiger charge is 2.18. The molecule has 0 bridgehead atoms. The molecule has 0 spiro atoms. The highest BCUT2D eigenvalue weighted by atomic mass is 16.2. The van der Waals surface area contributed by atoms with Gasteiger partial charge in [0.2, 0.25) is 5.91 Å². The molecule has 0 aliphatic rings. The van der Waals surface area contributed by atoms with Gasteiger partial charge in [-0.1, -0.05) is 37.3 Å². The van der Waals surface area contributed by atoms with Gasteiger partial charge in [-0.2, -0.15) is 4.98 Å². The number of hydrogen-bond acceptors (Lipinski definition) is 4. The Hall–Kier alpha value is -2.47. The average Bonchev–Trinajstić information content (AvgIpc) is 2.64. The first-order valence-electron chi connectivity index (χ1n) is 9.02. The summed E-state index contributed by atoms with van der Waals surface area (Å²) in [5, 5.41) is 2.88. The highest BCUT2D eigenvalue weighted by molar-refractivity contribution is 5.78. The molecule has 1 aromatic heterocycles. The number of hydrogen-bond donors (Lipinski definition) is 2. The molecular weight excluding hydrogens is 328 g/mol. The number of amides is 1. The van der Waals surface area contributed by atoms with Crippen molar-refractivity contribution in [1.82, 2.24) is 14.9 Å². The Balaban J connectivity index is 2.26. The number of carbonyl (C=O) groups excluding carboxylic acids is 1. The summed E-state index contributed by atoms with van der Waals surface area (Å²) in [5.41, 5.74) is 7.89. The third kappa shape index (κ3) is 5.02. The lowest BCUT2D eigenvalue weighted by Gasteiger charge is -2.20. The summed E-state index contributed by atoms with van der Waals surface area (Å²) in [6.07, 6.45) is 1.16. The number of rotatable bonds is 8. The maximum Gasteiger partial charge on any atom is 0.276 e. The zero-order valence-corrected chi connectivity index (χ0v) is 15.8. The largest absolute Gasteiger partial charge is 0.356 e. The van der Waals surface area contributed by atoms with E-state index in [0.717, 1.165) is 17.7 Å². The van der Waals surface area contributed by atoms with Gasteiger partial charge in [0.1, 0.15) is 5.82 Å². The second-order valence-corrected chi connectivity index (χ2v) is 6.65. The van der Waals surface area contributed by atoms with Crippen molar-refractivity contribution in [2.75, 3.05) is 13.1 Å². The summed E-state index contributed by atoms with van der Waals surface area (Å²) in [6, 6.07) is 10.0. The molecule has 0 aliphatic heterocycles. The first-order chi connectivity index (χ1) is 12.4. The monoisotopic (exact) mass is 356 g/mol. The molecule has 0 saturated heterocycles. The van der Waals surface area contributed by atoms with Crippen LogP contribution >= 0.6 is 0 Å². The van der Waals surface area contributed by atoms with Crippen molar-refractivity contribution in [3.63, 3.8) is 0 Å². The van der Waals surface area contributed by atoms with E-state index in [0.29, 0.717) is 37.4 Å². The molecule has 140 valence electrons. The summed E-state index contributed by atoms with van der Waals surface area (Å²) in [4.78, 5) is 28.7. The van der Waals surface area contributed by atoms with Crippen LogP contribution in [0, 0.1) is 19.8 Å². The van der Waals surface area contributed by atoms with Crippen LogP contribution < -0.4 is 16.6 Å². The van der Waals surface area contributed by atoms with E-state index in [4.69, 9.17) is 5.73 Å². The number of nitrogens with two attached hydrogens (primary N) is 1. The molecule has 6 heteroatoms. The first-order valence-corrected chi connectivity index (χ1v) is 9.02. The summed E-state index contributed by atoms with van der Waals surface area (Å²) >= 11 is 0. The Kier molecular flexibility index (Phi) is 7.09. The topological polar surface area (TPSA) is 90.0 Å². The molecule has 0 fully saturated rings. The van der Waals surface area contributed by atoms with Crippen LogP contribution in [0.5, 0.6) is 0 Å². The van der Waals surface area contributed by atoms with Crippen LogP contribution in [0.1, 0.15) is 36.0 Å². The quantitative estimate of drug-likeness (QED) is 0.702. The normalized spacial score (nSPS) is 12.0. The summed E-state index contributed by atoms with van der Waals surface area (Å²) in [7, 11) is 0. The van der Waals surface area contributed by atoms with Gasteiger partial charge in [0.05, 0.1) is 0 Å². The van der Waals surface area contributed by atoms with Crippen molar-refractivity contribution in [2.24, 2.45) is 11.7 Å². The maximum absolute atomic E-state index is 12.3. The van der Waals surface area contributed by atoms with Crippen LogP contribution in [-0.4, -0.2) is 28.5 Å². The second-order valence-electron chi connectivity index (χ2n) is 6.65. The maximum atomic E-state index is 12.3. The van der Waals surface area contributed by atoms with Crippen molar-refractivity contribution < 1.29 is 4.79 Å².